The van der Waals surface area contributed by atoms with Crippen LogP contribution in [0, 0.1) is 0 Å². The molecule has 0 spiro atoms. The predicted molar refractivity (Wildman–Crippen MR) is 108 cm³/mol. The van der Waals surface area contributed by atoms with Gasteiger partial charge >= 0.3 is 0 Å². The molecule has 0 aliphatic rings. The standard InChI is InChI=1S/C22H20N4O2/c1-28-18-13-11-17(12-14-18)23-22(27)15-21(16-7-3-2-4-8-16)26-20-10-6-5-9-19(20)24-25-26/h2-14,21H,15H2,1H3,(H,23,27)/t21-/m1/s1. The van der Waals surface area contributed by atoms with Crippen LogP contribution in [0.1, 0.15) is 18.0 Å². The van der Waals surface area contributed by atoms with Gasteiger partial charge in [-0.15, -0.1) is 5.10 Å². The predicted octanol–water partition coefficient (Wildman–Crippen LogP) is 4.06. The molecule has 1 aromatic heterocycles. The van der Waals surface area contributed by atoms with E-state index in [1.807, 2.05) is 83.5 Å². The molecule has 3 aromatic carbocycles. The zero-order valence-electron chi connectivity index (χ0n) is 15.4. The van der Waals surface area contributed by atoms with E-state index in [9.17, 15) is 4.79 Å². The molecule has 1 amide bonds. The molecule has 0 saturated heterocycles. The zero-order chi connectivity index (χ0) is 19.3. The average Bonchev–Trinajstić information content (AvgIpc) is 3.17. The molecule has 28 heavy (non-hydrogen) atoms. The van der Waals surface area contributed by atoms with Crippen LogP contribution < -0.4 is 10.1 Å². The highest BCUT2D eigenvalue weighted by Gasteiger charge is 2.21. The summed E-state index contributed by atoms with van der Waals surface area (Å²) in [4.78, 5) is 12.8. The average molecular weight is 372 g/mol. The minimum Gasteiger partial charge on any atom is -0.497 e. The van der Waals surface area contributed by atoms with E-state index in [0.717, 1.165) is 28.0 Å². The monoisotopic (exact) mass is 372 g/mol. The highest BCUT2D eigenvalue weighted by atomic mass is 16.5. The SMILES string of the molecule is COc1ccc(NC(=O)C[C@H](c2ccccc2)n2nnc3ccccc32)cc1. The maximum absolute atomic E-state index is 12.8. The van der Waals surface area contributed by atoms with Crippen molar-refractivity contribution in [2.75, 3.05) is 12.4 Å². The lowest BCUT2D eigenvalue weighted by Crippen LogP contribution is -2.21. The number of amides is 1. The molecule has 6 heteroatoms. The number of ether oxygens (including phenoxy) is 1. The molecule has 4 aromatic rings. The first kappa shape index (κ1) is 17.7. The number of aromatic nitrogens is 3. The van der Waals surface area contributed by atoms with Gasteiger partial charge in [0.2, 0.25) is 5.91 Å². The maximum Gasteiger partial charge on any atom is 0.226 e. The lowest BCUT2D eigenvalue weighted by Gasteiger charge is -2.18. The summed E-state index contributed by atoms with van der Waals surface area (Å²) in [6.07, 6.45) is 0.239. The molecule has 1 atom stereocenters. The smallest absolute Gasteiger partial charge is 0.226 e. The number of hydrogen-bond acceptors (Lipinski definition) is 4. The van der Waals surface area contributed by atoms with E-state index in [4.69, 9.17) is 4.74 Å². The first-order valence-electron chi connectivity index (χ1n) is 9.03. The molecule has 6 nitrogen and oxygen atoms in total. The maximum atomic E-state index is 12.8. The van der Waals surface area contributed by atoms with Crippen molar-refractivity contribution >= 4 is 22.6 Å². The third kappa shape index (κ3) is 3.71. The molecule has 1 N–H and O–H groups in total. The van der Waals surface area contributed by atoms with Gasteiger partial charge in [0.15, 0.2) is 0 Å². The van der Waals surface area contributed by atoms with Gasteiger partial charge in [-0.25, -0.2) is 4.68 Å². The normalized spacial score (nSPS) is 11.9. The summed E-state index contributed by atoms with van der Waals surface area (Å²) in [6, 6.07) is 24.6. The Hall–Kier alpha value is -3.67. The number of nitrogens with zero attached hydrogens (tertiary/aromatic N) is 3. The number of carbonyl (C=O) groups excluding carboxylic acids is 1. The lowest BCUT2D eigenvalue weighted by molar-refractivity contribution is -0.116. The summed E-state index contributed by atoms with van der Waals surface area (Å²) >= 11 is 0. The van der Waals surface area contributed by atoms with Gasteiger partial charge in [-0.3, -0.25) is 4.79 Å². The van der Waals surface area contributed by atoms with Crippen LogP contribution in [-0.2, 0) is 4.79 Å². The summed E-state index contributed by atoms with van der Waals surface area (Å²) in [5, 5.41) is 11.5. The third-order valence-corrected chi connectivity index (χ3v) is 4.61. The van der Waals surface area contributed by atoms with Crippen molar-refractivity contribution in [1.29, 1.82) is 0 Å². The Morgan fingerprint density at radius 3 is 2.46 bits per heavy atom. The van der Waals surface area contributed by atoms with Gasteiger partial charge in [0.1, 0.15) is 11.3 Å². The fraction of sp³-hybridized carbons (Fsp3) is 0.136. The Balaban J connectivity index is 1.61. The molecule has 0 aliphatic heterocycles. The van der Waals surface area contributed by atoms with E-state index in [-0.39, 0.29) is 18.4 Å². The molecule has 0 aliphatic carbocycles. The van der Waals surface area contributed by atoms with Crippen molar-refractivity contribution in [3.8, 4) is 5.75 Å². The van der Waals surface area contributed by atoms with Gasteiger partial charge in [-0.1, -0.05) is 47.7 Å². The van der Waals surface area contributed by atoms with Crippen molar-refractivity contribution < 1.29 is 9.53 Å². The van der Waals surface area contributed by atoms with Gasteiger partial charge in [0, 0.05) is 5.69 Å². The first-order chi connectivity index (χ1) is 13.7. The zero-order valence-corrected chi connectivity index (χ0v) is 15.4. The Morgan fingerprint density at radius 1 is 1.00 bits per heavy atom. The van der Waals surface area contributed by atoms with Gasteiger partial charge < -0.3 is 10.1 Å². The fourth-order valence-electron chi connectivity index (χ4n) is 3.20. The second-order valence-electron chi connectivity index (χ2n) is 6.43. The summed E-state index contributed by atoms with van der Waals surface area (Å²) in [6.45, 7) is 0. The molecule has 0 unspecified atom stereocenters. The molecule has 0 fully saturated rings. The number of nitrogens with one attached hydrogen (secondary N) is 1. The Kier molecular flexibility index (Phi) is 5.01. The molecule has 140 valence electrons. The topological polar surface area (TPSA) is 69.0 Å². The van der Waals surface area contributed by atoms with Crippen molar-refractivity contribution in [3.05, 3.63) is 84.4 Å². The number of benzene rings is 3. The van der Waals surface area contributed by atoms with Crippen molar-refractivity contribution in [2.24, 2.45) is 0 Å². The van der Waals surface area contributed by atoms with Crippen LogP contribution in [0.5, 0.6) is 5.75 Å². The first-order valence-corrected chi connectivity index (χ1v) is 9.03. The minimum absolute atomic E-state index is 0.0985. The number of para-hydroxylation sites is 1. The second-order valence-corrected chi connectivity index (χ2v) is 6.43. The number of anilines is 1. The number of hydrogen-bond donors (Lipinski definition) is 1. The quantitative estimate of drug-likeness (QED) is 0.554. The van der Waals surface area contributed by atoms with Crippen LogP contribution in [0.2, 0.25) is 0 Å². The number of fused-ring (bicyclic) bond motifs is 1. The van der Waals surface area contributed by atoms with E-state index in [1.165, 1.54) is 0 Å². The molecular weight excluding hydrogens is 352 g/mol. The highest BCUT2D eigenvalue weighted by molar-refractivity contribution is 5.91. The van der Waals surface area contributed by atoms with Crippen molar-refractivity contribution in [3.63, 3.8) is 0 Å². The van der Waals surface area contributed by atoms with E-state index in [2.05, 4.69) is 15.6 Å². The van der Waals surface area contributed by atoms with E-state index in [0.29, 0.717) is 0 Å². The summed E-state index contributed by atoms with van der Waals surface area (Å²) in [7, 11) is 1.61. The fourth-order valence-corrected chi connectivity index (χ4v) is 3.20. The van der Waals surface area contributed by atoms with Crippen LogP contribution in [-0.4, -0.2) is 28.0 Å². The third-order valence-electron chi connectivity index (χ3n) is 4.61. The van der Waals surface area contributed by atoms with E-state index in [1.54, 1.807) is 7.11 Å². The van der Waals surface area contributed by atoms with Crippen LogP contribution >= 0.6 is 0 Å². The number of methoxy groups -OCH3 is 1. The molecule has 0 radical (unpaired) electrons. The van der Waals surface area contributed by atoms with Crippen molar-refractivity contribution in [2.45, 2.75) is 12.5 Å². The van der Waals surface area contributed by atoms with Crippen LogP contribution in [0.4, 0.5) is 5.69 Å². The van der Waals surface area contributed by atoms with Gasteiger partial charge in [0.25, 0.3) is 0 Å². The molecule has 4 rings (SSSR count). The minimum atomic E-state index is -0.258. The lowest BCUT2D eigenvalue weighted by atomic mass is 10.0. The van der Waals surface area contributed by atoms with E-state index >= 15 is 0 Å². The van der Waals surface area contributed by atoms with Crippen LogP contribution in [0.25, 0.3) is 11.0 Å². The molecule has 1 heterocycles. The Bertz CT molecular complexity index is 1070. The highest BCUT2D eigenvalue weighted by Crippen LogP contribution is 2.26. The number of carbonyl (C=O) groups is 1. The Morgan fingerprint density at radius 2 is 1.71 bits per heavy atom. The summed E-state index contributed by atoms with van der Waals surface area (Å²) in [5.41, 5.74) is 3.43. The molecule has 0 bridgehead atoms. The second kappa shape index (κ2) is 7.92. The van der Waals surface area contributed by atoms with Gasteiger partial charge in [-0.05, 0) is 42.0 Å². The summed E-state index contributed by atoms with van der Waals surface area (Å²) < 4.78 is 6.97. The van der Waals surface area contributed by atoms with E-state index < -0.39 is 0 Å². The van der Waals surface area contributed by atoms with Crippen LogP contribution in [0.3, 0.4) is 0 Å². The molecular formula is C22H20N4O2. The van der Waals surface area contributed by atoms with Crippen molar-refractivity contribution in [1.82, 2.24) is 15.0 Å². The largest absolute Gasteiger partial charge is 0.497 e. The van der Waals surface area contributed by atoms with Gasteiger partial charge in [0.05, 0.1) is 25.1 Å². The van der Waals surface area contributed by atoms with Crippen LogP contribution in [0.15, 0.2) is 78.9 Å². The summed E-state index contributed by atoms with van der Waals surface area (Å²) in [5.74, 6) is 0.646. The Labute approximate surface area is 162 Å². The molecule has 0 saturated carbocycles. The number of rotatable bonds is 6. The van der Waals surface area contributed by atoms with Gasteiger partial charge in [-0.2, -0.15) is 0 Å².